The molecule has 2 aliphatic carbocycles. The van der Waals surface area contributed by atoms with Gasteiger partial charge in [0.1, 0.15) is 22.0 Å². The molecule has 1 amide bonds. The van der Waals surface area contributed by atoms with Gasteiger partial charge in [-0.05, 0) is 97.7 Å². The lowest BCUT2D eigenvalue weighted by atomic mass is 9.68. The van der Waals surface area contributed by atoms with E-state index in [1.807, 2.05) is 25.1 Å². The molecule has 1 unspecified atom stereocenters. The lowest BCUT2D eigenvalue weighted by molar-refractivity contribution is -0.0315. The molecule has 0 radical (unpaired) electrons. The molecule has 3 aliphatic heterocycles. The van der Waals surface area contributed by atoms with Gasteiger partial charge in [0.15, 0.2) is 11.5 Å². The first-order valence-electron chi connectivity index (χ1n) is 20.7. The quantitative estimate of drug-likeness (QED) is 0.216. The van der Waals surface area contributed by atoms with Crippen LogP contribution >= 0.6 is 11.6 Å². The molecule has 4 aromatic rings. The molecule has 5 aliphatic rings. The number of hydrogen-bond donors (Lipinski definition) is 1. The van der Waals surface area contributed by atoms with Crippen molar-refractivity contribution < 1.29 is 23.2 Å². The van der Waals surface area contributed by atoms with E-state index >= 15 is 4.21 Å². The summed E-state index contributed by atoms with van der Waals surface area (Å²) in [6.45, 7) is 8.95. The number of anilines is 2. The molecule has 2 bridgehead atoms. The van der Waals surface area contributed by atoms with Crippen LogP contribution in [0.4, 0.5) is 11.5 Å². The van der Waals surface area contributed by atoms with Crippen molar-refractivity contribution in [1.29, 1.82) is 0 Å². The second kappa shape index (κ2) is 16.5. The summed E-state index contributed by atoms with van der Waals surface area (Å²) in [7, 11) is -1.59. The number of rotatable bonds is 6. The highest BCUT2D eigenvalue weighted by Crippen LogP contribution is 2.47. The van der Waals surface area contributed by atoms with Gasteiger partial charge >= 0.3 is 0 Å². The molecule has 308 valence electrons. The zero-order chi connectivity index (χ0) is 39.9. The first kappa shape index (κ1) is 39.4. The third kappa shape index (κ3) is 8.23. The number of morpholine rings is 1. The number of halogens is 1. The molecule has 1 N–H and O–H groups in total. The van der Waals surface area contributed by atoms with Crippen LogP contribution in [-0.4, -0.2) is 106 Å². The summed E-state index contributed by atoms with van der Waals surface area (Å²) < 4.78 is 43.4. The van der Waals surface area contributed by atoms with Crippen LogP contribution in [0.5, 0.6) is 5.75 Å². The van der Waals surface area contributed by atoms with E-state index in [-0.39, 0.29) is 23.2 Å². The number of nitrogens with one attached hydrogen (secondary N) is 1. The van der Waals surface area contributed by atoms with Crippen LogP contribution in [0.25, 0.3) is 11.0 Å². The average molecular weight is 829 g/mol. The van der Waals surface area contributed by atoms with Gasteiger partial charge in [0.25, 0.3) is 5.91 Å². The Morgan fingerprint density at radius 2 is 2.00 bits per heavy atom. The minimum Gasteiger partial charge on any atom is -0.490 e. The third-order valence-electron chi connectivity index (χ3n) is 12.8. The average Bonchev–Trinajstić information content (AvgIpc) is 3.52. The highest BCUT2D eigenvalue weighted by atomic mass is 35.5. The Morgan fingerprint density at radius 1 is 1.12 bits per heavy atom. The number of hydrogen-bond acceptors (Lipinski definition) is 10. The third-order valence-corrected chi connectivity index (χ3v) is 15.0. The second-order valence-electron chi connectivity index (χ2n) is 16.9. The fourth-order valence-corrected chi connectivity index (χ4v) is 11.8. The summed E-state index contributed by atoms with van der Waals surface area (Å²) in [6, 6.07) is 11.8. The van der Waals surface area contributed by atoms with E-state index in [0.717, 1.165) is 94.5 Å². The van der Waals surface area contributed by atoms with Crippen molar-refractivity contribution in [3.63, 3.8) is 0 Å². The van der Waals surface area contributed by atoms with Crippen molar-refractivity contribution in [2.75, 3.05) is 74.5 Å². The Labute approximate surface area is 345 Å². The number of carbonyl (C=O) groups excluding carboxylic acids is 1. The largest absolute Gasteiger partial charge is 0.490 e. The van der Waals surface area contributed by atoms with Gasteiger partial charge in [-0.25, -0.2) is 14.2 Å². The molecule has 2 fully saturated rings. The predicted molar refractivity (Wildman–Crippen MR) is 226 cm³/mol. The Kier molecular flexibility index (Phi) is 11.2. The van der Waals surface area contributed by atoms with Gasteiger partial charge < -0.3 is 19.1 Å². The minimum atomic E-state index is -3.39. The number of carbonyl (C=O) groups is 1. The van der Waals surface area contributed by atoms with E-state index < -0.39 is 15.8 Å². The lowest BCUT2D eigenvalue weighted by Gasteiger charge is -2.46. The zero-order valence-electron chi connectivity index (χ0n) is 33.4. The Balaban J connectivity index is 1.10. The number of ether oxygens (including phenoxy) is 3. The molecule has 1 spiro atoms. The van der Waals surface area contributed by atoms with E-state index in [1.165, 1.54) is 17.5 Å². The van der Waals surface area contributed by atoms with Crippen LogP contribution in [0.1, 0.15) is 60.5 Å². The number of aromatic nitrogens is 4. The van der Waals surface area contributed by atoms with E-state index in [0.29, 0.717) is 53.9 Å². The first-order chi connectivity index (χ1) is 28.1. The number of allylic oxidation sites excluding steroid dienone is 1. The highest BCUT2D eigenvalue weighted by Gasteiger charge is 2.44. The lowest BCUT2D eigenvalue weighted by Crippen LogP contribution is -2.50. The van der Waals surface area contributed by atoms with Crippen molar-refractivity contribution >= 4 is 50.0 Å². The Hall–Kier alpha value is -4.08. The summed E-state index contributed by atoms with van der Waals surface area (Å²) >= 11 is 6.53. The van der Waals surface area contributed by atoms with Gasteiger partial charge in [-0.2, -0.15) is 5.10 Å². The van der Waals surface area contributed by atoms with Crippen LogP contribution in [0.15, 0.2) is 65.4 Å². The molecule has 58 heavy (non-hydrogen) atoms. The van der Waals surface area contributed by atoms with Crippen molar-refractivity contribution in [2.45, 2.75) is 57.0 Å². The molecule has 15 heteroatoms. The zero-order valence-corrected chi connectivity index (χ0v) is 34.9. The Morgan fingerprint density at radius 3 is 2.84 bits per heavy atom. The second-order valence-corrected chi connectivity index (χ2v) is 19.4. The number of aryl methyl sites for hydroxylation is 2. The van der Waals surface area contributed by atoms with E-state index in [2.05, 4.69) is 58.2 Å². The van der Waals surface area contributed by atoms with Gasteiger partial charge in [0, 0.05) is 62.0 Å². The van der Waals surface area contributed by atoms with Crippen molar-refractivity contribution in [2.24, 2.45) is 29.2 Å². The van der Waals surface area contributed by atoms with Crippen molar-refractivity contribution in [3.8, 4) is 5.75 Å². The molecule has 2 aromatic heterocycles. The van der Waals surface area contributed by atoms with Gasteiger partial charge in [-0.15, -0.1) is 4.36 Å². The van der Waals surface area contributed by atoms with Crippen molar-refractivity contribution in [1.82, 2.24) is 24.6 Å². The van der Waals surface area contributed by atoms with Crippen LogP contribution in [-0.2, 0) is 38.3 Å². The highest BCUT2D eigenvalue weighted by molar-refractivity contribution is 7.95. The van der Waals surface area contributed by atoms with Crippen LogP contribution in [0, 0.1) is 17.8 Å². The van der Waals surface area contributed by atoms with E-state index in [4.69, 9.17) is 25.8 Å². The van der Waals surface area contributed by atoms with Gasteiger partial charge in [-0.1, -0.05) is 36.7 Å². The van der Waals surface area contributed by atoms with Gasteiger partial charge in [0.05, 0.1) is 49.4 Å². The number of nitrogens with zero attached hydrogens (tertiary/aromatic N) is 7. The Bertz CT molecular complexity index is 2320. The molecule has 1 saturated carbocycles. The maximum atomic E-state index is 15.0. The molecule has 13 nitrogen and oxygen atoms in total. The minimum absolute atomic E-state index is 0.0610. The maximum Gasteiger partial charge on any atom is 0.286 e. The standard InChI is InChI=1S/C43H53ClN8O5S/c1-29-5-3-7-38(56-20-17-51-15-18-55-19-16-51)34-11-8-32(34)23-52-26-43(14-4-6-30-21-33(44)10-12-36(30)43)27-57-39-13-9-31(22-37(39)52)42(53)49-58(54,25-29)48-41-35-24-50(2)47-40(35)45-28-46-41/h3,7,9-10,12-13,21-22,24,28-29,32,34,38H,4-6,8,11,14-20,23,25-27H2,1-2H3,(H,45,46,47,48,49,53,54)/b7-3+/t29-,32-,34+,38-,43-,58?/m0/s1. The predicted octanol–water partition coefficient (Wildman–Crippen LogP) is 6.46. The smallest absolute Gasteiger partial charge is 0.286 e. The summed E-state index contributed by atoms with van der Waals surface area (Å²) in [5.41, 5.74) is 3.99. The summed E-state index contributed by atoms with van der Waals surface area (Å²) in [5.74, 6) is 1.24. The van der Waals surface area contributed by atoms with Crippen LogP contribution in [0.2, 0.25) is 5.02 Å². The summed E-state index contributed by atoms with van der Waals surface area (Å²) in [6.07, 6.45) is 13.3. The number of amides is 1. The van der Waals surface area contributed by atoms with Crippen LogP contribution in [0.3, 0.4) is 0 Å². The fourth-order valence-electron chi connectivity index (χ4n) is 9.62. The van der Waals surface area contributed by atoms with Gasteiger partial charge in [0.2, 0.25) is 0 Å². The summed E-state index contributed by atoms with van der Waals surface area (Å²) in [4.78, 5) is 27.9. The first-order valence-corrected chi connectivity index (χ1v) is 22.8. The number of benzene rings is 2. The van der Waals surface area contributed by atoms with E-state index in [1.54, 1.807) is 24.0 Å². The molecule has 2 aromatic carbocycles. The topological polar surface area (TPSA) is 136 Å². The molecule has 5 heterocycles. The molecular weight excluding hydrogens is 776 g/mol. The molecular formula is C43H53ClN8O5S. The summed E-state index contributed by atoms with van der Waals surface area (Å²) in [5, 5.41) is 5.74. The maximum absolute atomic E-state index is 15.0. The fraction of sp³-hybridized carbons (Fsp3) is 0.535. The SMILES string of the molecule is C[C@H]1C/C=C/[C@H](OCCN2CCOCC2)[C@@H]2CC[C@H]2CN2C[C@@]3(CCCc4cc(Cl)ccc43)COc3ccc(cc32)C(=O)N=S(=O)(Nc2ncnc3nn(C)cc23)C1. The molecule has 6 atom stereocenters. The molecule has 1 saturated heterocycles. The monoisotopic (exact) mass is 828 g/mol. The van der Waals surface area contributed by atoms with Gasteiger partial charge in [-0.3, -0.25) is 19.1 Å². The molecule has 9 rings (SSSR count). The van der Waals surface area contributed by atoms with Crippen molar-refractivity contribution in [3.05, 3.63) is 82.8 Å². The normalized spacial score (nSPS) is 29.7. The van der Waals surface area contributed by atoms with Crippen LogP contribution < -0.4 is 14.4 Å². The number of fused-ring (bicyclic) bond motifs is 5. The van der Waals surface area contributed by atoms with E-state index in [9.17, 15) is 4.79 Å².